The van der Waals surface area contributed by atoms with E-state index in [2.05, 4.69) is 10.4 Å². The number of aromatic carboxylic acids is 1. The molecule has 2 heterocycles. The standard InChI is InChI=1S/C22H17N3O4/c1-14-7-12-19(29-14)20-18(13-25(24-20)17-5-3-2-4-6-17)21(26)23-16-10-8-15(9-11-16)22(27)28/h2-13H,1H3,(H,23,26)(H,27,28). The van der Waals surface area contributed by atoms with Crippen LogP contribution in [0.15, 0.2) is 77.3 Å². The van der Waals surface area contributed by atoms with Gasteiger partial charge in [0.1, 0.15) is 11.5 Å². The molecule has 1 amide bonds. The second kappa shape index (κ2) is 7.47. The number of carboxylic acid groups (broad SMARTS) is 1. The van der Waals surface area contributed by atoms with Crippen LogP contribution in [0.3, 0.4) is 0 Å². The maximum absolute atomic E-state index is 13.0. The van der Waals surface area contributed by atoms with Gasteiger partial charge in [0.15, 0.2) is 5.76 Å². The highest BCUT2D eigenvalue weighted by Crippen LogP contribution is 2.26. The average Bonchev–Trinajstić information content (AvgIpc) is 3.35. The van der Waals surface area contributed by atoms with E-state index in [0.717, 1.165) is 5.69 Å². The predicted octanol–water partition coefficient (Wildman–Crippen LogP) is 4.39. The molecule has 0 fully saturated rings. The number of aryl methyl sites for hydroxylation is 1. The molecule has 0 saturated carbocycles. The lowest BCUT2D eigenvalue weighted by atomic mass is 10.1. The SMILES string of the molecule is Cc1ccc(-c2nn(-c3ccccc3)cc2C(=O)Nc2ccc(C(=O)O)cc2)o1. The van der Waals surface area contributed by atoms with E-state index in [9.17, 15) is 9.59 Å². The van der Waals surface area contributed by atoms with Crippen molar-refractivity contribution in [1.82, 2.24) is 9.78 Å². The predicted molar refractivity (Wildman–Crippen MR) is 107 cm³/mol. The van der Waals surface area contributed by atoms with Gasteiger partial charge in [-0.2, -0.15) is 5.10 Å². The molecule has 0 unspecified atom stereocenters. The Balaban J connectivity index is 1.70. The monoisotopic (exact) mass is 387 g/mol. The molecular formula is C22H17N3O4. The van der Waals surface area contributed by atoms with Crippen molar-refractivity contribution >= 4 is 17.6 Å². The molecule has 2 aromatic carbocycles. The van der Waals surface area contributed by atoms with Gasteiger partial charge >= 0.3 is 5.97 Å². The normalized spacial score (nSPS) is 10.7. The van der Waals surface area contributed by atoms with E-state index in [0.29, 0.717) is 28.5 Å². The van der Waals surface area contributed by atoms with Crippen molar-refractivity contribution in [2.45, 2.75) is 6.92 Å². The van der Waals surface area contributed by atoms with E-state index in [1.165, 1.54) is 12.1 Å². The van der Waals surface area contributed by atoms with Gasteiger partial charge in [-0.1, -0.05) is 18.2 Å². The molecule has 7 nitrogen and oxygen atoms in total. The topological polar surface area (TPSA) is 97.4 Å². The van der Waals surface area contributed by atoms with Crippen LogP contribution in [0.4, 0.5) is 5.69 Å². The molecule has 29 heavy (non-hydrogen) atoms. The zero-order chi connectivity index (χ0) is 20.4. The lowest BCUT2D eigenvalue weighted by molar-refractivity contribution is 0.0696. The molecule has 2 N–H and O–H groups in total. The average molecular weight is 387 g/mol. The van der Waals surface area contributed by atoms with Gasteiger partial charge in [0.25, 0.3) is 5.91 Å². The van der Waals surface area contributed by atoms with Crippen molar-refractivity contribution < 1.29 is 19.1 Å². The second-order valence-corrected chi connectivity index (χ2v) is 6.42. The molecule has 0 spiro atoms. The number of carbonyl (C=O) groups excluding carboxylic acids is 1. The minimum absolute atomic E-state index is 0.145. The van der Waals surface area contributed by atoms with Crippen molar-refractivity contribution in [3.63, 3.8) is 0 Å². The van der Waals surface area contributed by atoms with E-state index in [-0.39, 0.29) is 11.5 Å². The molecule has 0 aliphatic rings. The maximum atomic E-state index is 13.0. The van der Waals surface area contributed by atoms with Crippen LogP contribution < -0.4 is 5.32 Å². The lowest BCUT2D eigenvalue weighted by Crippen LogP contribution is -2.12. The first-order valence-corrected chi connectivity index (χ1v) is 8.88. The number of nitrogens with one attached hydrogen (secondary N) is 1. The van der Waals surface area contributed by atoms with Crippen LogP contribution in [-0.4, -0.2) is 26.8 Å². The van der Waals surface area contributed by atoms with E-state index < -0.39 is 5.97 Å². The third-order valence-electron chi connectivity index (χ3n) is 4.34. The fraction of sp³-hybridized carbons (Fsp3) is 0.0455. The minimum atomic E-state index is -1.03. The van der Waals surface area contributed by atoms with Crippen molar-refractivity contribution in [1.29, 1.82) is 0 Å². The smallest absolute Gasteiger partial charge is 0.335 e. The number of carboxylic acids is 1. The zero-order valence-corrected chi connectivity index (χ0v) is 15.5. The van der Waals surface area contributed by atoms with Gasteiger partial charge in [0, 0.05) is 11.9 Å². The lowest BCUT2D eigenvalue weighted by Gasteiger charge is -2.05. The Morgan fingerprint density at radius 2 is 1.72 bits per heavy atom. The van der Waals surface area contributed by atoms with Crippen LogP contribution in [0.1, 0.15) is 26.5 Å². The summed E-state index contributed by atoms with van der Waals surface area (Å²) in [7, 11) is 0. The van der Waals surface area contributed by atoms with Crippen LogP contribution in [0.25, 0.3) is 17.1 Å². The van der Waals surface area contributed by atoms with Gasteiger partial charge in [-0.3, -0.25) is 4.79 Å². The summed E-state index contributed by atoms with van der Waals surface area (Å²) in [5.41, 5.74) is 2.19. The van der Waals surface area contributed by atoms with Gasteiger partial charge in [0.05, 0.1) is 16.8 Å². The number of anilines is 1. The summed E-state index contributed by atoms with van der Waals surface area (Å²) in [5, 5.41) is 16.3. The van der Waals surface area contributed by atoms with Crippen LogP contribution in [-0.2, 0) is 0 Å². The Morgan fingerprint density at radius 1 is 1.00 bits per heavy atom. The third kappa shape index (κ3) is 3.79. The van der Waals surface area contributed by atoms with Gasteiger partial charge in [-0.25, -0.2) is 9.48 Å². The summed E-state index contributed by atoms with van der Waals surface area (Å²) in [6.07, 6.45) is 1.64. The number of benzene rings is 2. The molecule has 0 radical (unpaired) electrons. The summed E-state index contributed by atoms with van der Waals surface area (Å²) in [4.78, 5) is 23.9. The maximum Gasteiger partial charge on any atom is 0.335 e. The molecule has 0 bridgehead atoms. The number of aromatic nitrogens is 2. The summed E-state index contributed by atoms with van der Waals surface area (Å²) < 4.78 is 7.30. The van der Waals surface area contributed by atoms with Gasteiger partial charge in [0.2, 0.25) is 0 Å². The molecule has 144 valence electrons. The third-order valence-corrected chi connectivity index (χ3v) is 4.34. The Labute approximate surface area is 166 Å². The van der Waals surface area contributed by atoms with Crippen LogP contribution in [0.2, 0.25) is 0 Å². The highest BCUT2D eigenvalue weighted by atomic mass is 16.4. The first kappa shape index (κ1) is 18.2. The number of hydrogen-bond acceptors (Lipinski definition) is 4. The molecule has 0 aliphatic heterocycles. The minimum Gasteiger partial charge on any atom is -0.478 e. The van der Waals surface area contributed by atoms with Crippen molar-refractivity contribution in [3.8, 4) is 17.1 Å². The quantitative estimate of drug-likeness (QED) is 0.529. The summed E-state index contributed by atoms with van der Waals surface area (Å²) in [5.74, 6) is -0.199. The number of rotatable bonds is 5. The van der Waals surface area contributed by atoms with E-state index in [1.807, 2.05) is 43.3 Å². The molecule has 0 saturated heterocycles. The van der Waals surface area contributed by atoms with Crippen molar-refractivity contribution in [2.24, 2.45) is 0 Å². The Kier molecular flexibility index (Phi) is 4.70. The van der Waals surface area contributed by atoms with Gasteiger partial charge in [-0.15, -0.1) is 0 Å². The zero-order valence-electron chi connectivity index (χ0n) is 15.5. The first-order valence-electron chi connectivity index (χ1n) is 8.88. The van der Waals surface area contributed by atoms with Crippen molar-refractivity contribution in [3.05, 3.63) is 89.8 Å². The molecule has 7 heteroatoms. The Bertz CT molecular complexity index is 1170. The number of nitrogens with zero attached hydrogens (tertiary/aromatic N) is 2. The number of hydrogen-bond donors (Lipinski definition) is 2. The highest BCUT2D eigenvalue weighted by molar-refractivity contribution is 6.08. The summed E-state index contributed by atoms with van der Waals surface area (Å²) >= 11 is 0. The summed E-state index contributed by atoms with van der Waals surface area (Å²) in [6, 6.07) is 19.0. The van der Waals surface area contributed by atoms with Crippen LogP contribution in [0.5, 0.6) is 0 Å². The Hall–Kier alpha value is -4.13. The molecule has 0 aliphatic carbocycles. The van der Waals surface area contributed by atoms with Gasteiger partial charge in [-0.05, 0) is 55.5 Å². The largest absolute Gasteiger partial charge is 0.478 e. The molecule has 4 rings (SSSR count). The highest BCUT2D eigenvalue weighted by Gasteiger charge is 2.21. The molecule has 0 atom stereocenters. The molecule has 2 aromatic heterocycles. The fourth-order valence-corrected chi connectivity index (χ4v) is 2.89. The van der Waals surface area contributed by atoms with Gasteiger partial charge < -0.3 is 14.8 Å². The number of para-hydroxylation sites is 1. The van der Waals surface area contributed by atoms with Crippen molar-refractivity contribution in [2.75, 3.05) is 5.32 Å². The van der Waals surface area contributed by atoms with E-state index >= 15 is 0 Å². The number of furan rings is 1. The van der Waals surface area contributed by atoms with E-state index in [4.69, 9.17) is 9.52 Å². The van der Waals surface area contributed by atoms with Crippen LogP contribution >= 0.6 is 0 Å². The van der Waals surface area contributed by atoms with E-state index in [1.54, 1.807) is 29.1 Å². The number of carbonyl (C=O) groups is 2. The first-order chi connectivity index (χ1) is 14.0. The molecule has 4 aromatic rings. The summed E-state index contributed by atoms with van der Waals surface area (Å²) in [6.45, 7) is 1.82. The second-order valence-electron chi connectivity index (χ2n) is 6.42. The van der Waals surface area contributed by atoms with Crippen LogP contribution in [0, 0.1) is 6.92 Å². The number of amides is 1. The Morgan fingerprint density at radius 3 is 2.34 bits per heavy atom. The molecular weight excluding hydrogens is 370 g/mol. The fourth-order valence-electron chi connectivity index (χ4n) is 2.89.